The van der Waals surface area contributed by atoms with E-state index < -0.39 is 0 Å². The number of rotatable bonds is 5. The number of nitrogens with zero attached hydrogens (tertiary/aromatic N) is 3. The van der Waals surface area contributed by atoms with Crippen LogP contribution < -0.4 is 5.32 Å². The predicted octanol–water partition coefficient (Wildman–Crippen LogP) is 2.64. The lowest BCUT2D eigenvalue weighted by Crippen LogP contribution is -2.45. The maximum absolute atomic E-state index is 4.76. The van der Waals surface area contributed by atoms with Gasteiger partial charge in [-0.3, -0.25) is 9.88 Å². The molecule has 3 rings (SSSR count). The second kappa shape index (κ2) is 7.11. The van der Waals surface area contributed by atoms with Crippen molar-refractivity contribution in [1.29, 1.82) is 0 Å². The van der Waals surface area contributed by atoms with E-state index in [1.165, 1.54) is 22.7 Å². The van der Waals surface area contributed by atoms with Crippen molar-refractivity contribution in [3.63, 3.8) is 0 Å². The summed E-state index contributed by atoms with van der Waals surface area (Å²) in [6.07, 6.45) is 6.08. The molecule has 2 aromatic rings. The second-order valence-corrected chi connectivity index (χ2v) is 6.40. The Morgan fingerprint density at radius 3 is 3.24 bits per heavy atom. The summed E-state index contributed by atoms with van der Waals surface area (Å²) in [5.41, 5.74) is 2.49. The van der Waals surface area contributed by atoms with Crippen molar-refractivity contribution in [2.24, 2.45) is 0 Å². The van der Waals surface area contributed by atoms with E-state index in [0.29, 0.717) is 6.04 Å². The van der Waals surface area contributed by atoms with Gasteiger partial charge in [-0.2, -0.15) is 0 Å². The molecule has 0 saturated carbocycles. The lowest BCUT2D eigenvalue weighted by Gasteiger charge is -2.35. The van der Waals surface area contributed by atoms with Crippen LogP contribution in [0.5, 0.6) is 0 Å². The fourth-order valence-electron chi connectivity index (χ4n) is 2.80. The average Bonchev–Trinajstić information content (AvgIpc) is 2.96. The van der Waals surface area contributed by atoms with E-state index in [0.717, 1.165) is 32.6 Å². The molecule has 1 atom stereocenters. The van der Waals surface area contributed by atoms with Crippen molar-refractivity contribution in [3.05, 3.63) is 46.2 Å². The summed E-state index contributed by atoms with van der Waals surface area (Å²) in [5.74, 6) is 0. The monoisotopic (exact) mass is 302 g/mol. The van der Waals surface area contributed by atoms with E-state index in [4.69, 9.17) is 4.98 Å². The van der Waals surface area contributed by atoms with E-state index in [-0.39, 0.29) is 0 Å². The van der Waals surface area contributed by atoms with Gasteiger partial charge in [-0.05, 0) is 24.5 Å². The molecule has 3 heterocycles. The van der Waals surface area contributed by atoms with Gasteiger partial charge in [0.25, 0.3) is 0 Å². The lowest BCUT2D eigenvalue weighted by molar-refractivity contribution is 0.152. The van der Waals surface area contributed by atoms with Gasteiger partial charge < -0.3 is 5.32 Å². The van der Waals surface area contributed by atoms with Crippen molar-refractivity contribution in [2.45, 2.75) is 32.4 Å². The second-order valence-electron chi connectivity index (χ2n) is 5.46. The molecule has 0 radical (unpaired) electrons. The first-order valence-corrected chi connectivity index (χ1v) is 8.52. The van der Waals surface area contributed by atoms with E-state index in [2.05, 4.69) is 33.6 Å². The molecule has 1 fully saturated rings. The number of aromatic nitrogens is 2. The van der Waals surface area contributed by atoms with Crippen LogP contribution in [0.2, 0.25) is 0 Å². The average molecular weight is 302 g/mol. The molecule has 0 aromatic carbocycles. The molecule has 0 spiro atoms. The summed E-state index contributed by atoms with van der Waals surface area (Å²) in [6, 6.07) is 4.58. The van der Waals surface area contributed by atoms with Gasteiger partial charge in [0.05, 0.1) is 10.7 Å². The zero-order valence-electron chi connectivity index (χ0n) is 12.5. The van der Waals surface area contributed by atoms with Crippen LogP contribution in [-0.4, -0.2) is 34.5 Å². The molecule has 1 aliphatic heterocycles. The van der Waals surface area contributed by atoms with Crippen LogP contribution in [0.3, 0.4) is 0 Å². The highest BCUT2D eigenvalue weighted by molar-refractivity contribution is 7.09. The molecular weight excluding hydrogens is 280 g/mol. The minimum atomic E-state index is 0.392. The number of hydrogen-bond acceptors (Lipinski definition) is 5. The van der Waals surface area contributed by atoms with Gasteiger partial charge in [-0.1, -0.05) is 13.0 Å². The minimum absolute atomic E-state index is 0.392. The van der Waals surface area contributed by atoms with Gasteiger partial charge in [0.15, 0.2) is 0 Å². The first kappa shape index (κ1) is 14.6. The zero-order valence-corrected chi connectivity index (χ0v) is 13.3. The predicted molar refractivity (Wildman–Crippen MR) is 86.4 cm³/mol. The third-order valence-corrected chi connectivity index (χ3v) is 4.81. The standard InChI is InChI=1S/C16H22N4S/c1-2-4-16-19-14(12-21-16)11-20-8-7-18-10-15(20)13-5-3-6-17-9-13/h3,5-6,9,12,15,18H,2,4,7-8,10-11H2,1H3. The van der Waals surface area contributed by atoms with Crippen LogP contribution in [0.4, 0.5) is 0 Å². The quantitative estimate of drug-likeness (QED) is 0.922. The number of aryl methyl sites for hydroxylation is 1. The molecule has 1 saturated heterocycles. The van der Waals surface area contributed by atoms with Gasteiger partial charge in [0, 0.05) is 50.0 Å². The molecule has 21 heavy (non-hydrogen) atoms. The number of thiazole rings is 1. The Morgan fingerprint density at radius 2 is 2.43 bits per heavy atom. The molecular formula is C16H22N4S. The molecule has 2 aromatic heterocycles. The first-order chi connectivity index (χ1) is 10.4. The smallest absolute Gasteiger partial charge is 0.0928 e. The third-order valence-electron chi connectivity index (χ3n) is 3.85. The minimum Gasteiger partial charge on any atom is -0.314 e. The summed E-state index contributed by atoms with van der Waals surface area (Å²) in [6.45, 7) is 6.22. The third kappa shape index (κ3) is 3.67. The van der Waals surface area contributed by atoms with Crippen LogP contribution in [0.1, 0.15) is 35.7 Å². The SMILES string of the molecule is CCCc1nc(CN2CCNCC2c2cccnc2)cs1. The molecule has 0 aliphatic carbocycles. The Kier molecular flexibility index (Phi) is 4.95. The van der Waals surface area contributed by atoms with Crippen molar-refractivity contribution in [2.75, 3.05) is 19.6 Å². The summed E-state index contributed by atoms with van der Waals surface area (Å²) < 4.78 is 0. The highest BCUT2D eigenvalue weighted by atomic mass is 32.1. The van der Waals surface area contributed by atoms with Gasteiger partial charge in [0.2, 0.25) is 0 Å². The fourth-order valence-corrected chi connectivity index (χ4v) is 3.69. The van der Waals surface area contributed by atoms with Crippen LogP contribution in [0.15, 0.2) is 29.9 Å². The number of nitrogens with one attached hydrogen (secondary N) is 1. The van der Waals surface area contributed by atoms with Gasteiger partial charge in [-0.25, -0.2) is 4.98 Å². The topological polar surface area (TPSA) is 41.1 Å². The summed E-state index contributed by atoms with van der Waals surface area (Å²) in [5, 5.41) is 6.97. The van der Waals surface area contributed by atoms with Crippen molar-refractivity contribution >= 4 is 11.3 Å². The van der Waals surface area contributed by atoms with E-state index in [1.807, 2.05) is 18.5 Å². The first-order valence-electron chi connectivity index (χ1n) is 7.65. The molecule has 0 bridgehead atoms. The molecule has 5 heteroatoms. The Morgan fingerprint density at radius 1 is 1.48 bits per heavy atom. The highest BCUT2D eigenvalue weighted by Crippen LogP contribution is 2.24. The number of piperazine rings is 1. The fraction of sp³-hybridized carbons (Fsp3) is 0.500. The largest absolute Gasteiger partial charge is 0.314 e. The normalized spacial score (nSPS) is 19.8. The Bertz CT molecular complexity index is 554. The van der Waals surface area contributed by atoms with Crippen molar-refractivity contribution in [3.8, 4) is 0 Å². The summed E-state index contributed by atoms with van der Waals surface area (Å²) in [7, 11) is 0. The van der Waals surface area contributed by atoms with Crippen LogP contribution in [0, 0.1) is 0 Å². The van der Waals surface area contributed by atoms with Crippen LogP contribution in [-0.2, 0) is 13.0 Å². The van der Waals surface area contributed by atoms with E-state index in [1.54, 1.807) is 11.3 Å². The lowest BCUT2D eigenvalue weighted by atomic mass is 10.1. The van der Waals surface area contributed by atoms with Gasteiger partial charge in [0.1, 0.15) is 0 Å². The molecule has 1 N–H and O–H groups in total. The highest BCUT2D eigenvalue weighted by Gasteiger charge is 2.24. The van der Waals surface area contributed by atoms with Crippen LogP contribution in [0.25, 0.3) is 0 Å². The molecule has 1 unspecified atom stereocenters. The Labute approximate surface area is 130 Å². The zero-order chi connectivity index (χ0) is 14.5. The molecule has 0 amide bonds. The Balaban J connectivity index is 1.72. The maximum atomic E-state index is 4.76. The van der Waals surface area contributed by atoms with Crippen molar-refractivity contribution in [1.82, 2.24) is 20.2 Å². The van der Waals surface area contributed by atoms with Gasteiger partial charge in [-0.15, -0.1) is 11.3 Å². The maximum Gasteiger partial charge on any atom is 0.0928 e. The molecule has 4 nitrogen and oxygen atoms in total. The van der Waals surface area contributed by atoms with Crippen LogP contribution >= 0.6 is 11.3 Å². The van der Waals surface area contributed by atoms with E-state index in [9.17, 15) is 0 Å². The van der Waals surface area contributed by atoms with E-state index >= 15 is 0 Å². The van der Waals surface area contributed by atoms with Gasteiger partial charge >= 0.3 is 0 Å². The number of hydrogen-bond donors (Lipinski definition) is 1. The molecule has 1 aliphatic rings. The Hall–Kier alpha value is -1.30. The summed E-state index contributed by atoms with van der Waals surface area (Å²) in [4.78, 5) is 11.5. The number of pyridine rings is 1. The van der Waals surface area contributed by atoms with Crippen molar-refractivity contribution < 1.29 is 0 Å². The molecule has 112 valence electrons. The summed E-state index contributed by atoms with van der Waals surface area (Å²) >= 11 is 1.79.